The molecule has 1 amide bonds. The van der Waals surface area contributed by atoms with Gasteiger partial charge in [0.2, 0.25) is 5.91 Å². The molecule has 1 aliphatic carbocycles. The summed E-state index contributed by atoms with van der Waals surface area (Å²) in [5.74, 6) is 0.934. The number of nitrogens with one attached hydrogen (secondary N) is 1. The molecule has 0 atom stereocenters. The molecule has 1 fully saturated rings. The third-order valence-electron chi connectivity index (χ3n) is 3.93. The Bertz CT molecular complexity index is 883. The van der Waals surface area contributed by atoms with E-state index in [2.05, 4.69) is 41.0 Å². The SMILES string of the molecule is O=C(Cc1csc(-c2cc(Br)cs2)n1)NCCc1nncn1C1CC1. The summed E-state index contributed by atoms with van der Waals surface area (Å²) < 4.78 is 3.18. The Kier molecular flexibility index (Phi) is 4.96. The smallest absolute Gasteiger partial charge is 0.226 e. The third kappa shape index (κ3) is 4.16. The van der Waals surface area contributed by atoms with Crippen molar-refractivity contribution in [2.24, 2.45) is 0 Å². The Labute approximate surface area is 161 Å². The zero-order chi connectivity index (χ0) is 17.2. The van der Waals surface area contributed by atoms with E-state index < -0.39 is 0 Å². The minimum absolute atomic E-state index is 0.0123. The second-order valence-corrected chi connectivity index (χ2v) is 8.62. The van der Waals surface area contributed by atoms with E-state index in [0.717, 1.165) is 25.9 Å². The van der Waals surface area contributed by atoms with E-state index in [1.165, 1.54) is 12.8 Å². The molecule has 0 bridgehead atoms. The molecule has 0 saturated heterocycles. The topological polar surface area (TPSA) is 72.7 Å². The summed E-state index contributed by atoms with van der Waals surface area (Å²) >= 11 is 6.66. The van der Waals surface area contributed by atoms with E-state index in [0.29, 0.717) is 25.4 Å². The molecule has 0 aromatic carbocycles. The quantitative estimate of drug-likeness (QED) is 0.613. The number of halogens is 1. The second kappa shape index (κ2) is 7.35. The van der Waals surface area contributed by atoms with Gasteiger partial charge in [0, 0.05) is 34.2 Å². The average Bonchev–Trinajstić information content (AvgIpc) is 2.98. The van der Waals surface area contributed by atoms with E-state index >= 15 is 0 Å². The lowest BCUT2D eigenvalue weighted by Gasteiger charge is -2.06. The largest absolute Gasteiger partial charge is 0.355 e. The van der Waals surface area contributed by atoms with Gasteiger partial charge in [-0.2, -0.15) is 0 Å². The molecule has 6 nitrogen and oxygen atoms in total. The fraction of sp³-hybridized carbons (Fsp3) is 0.375. The molecule has 0 aliphatic heterocycles. The van der Waals surface area contributed by atoms with Gasteiger partial charge in [-0.1, -0.05) is 0 Å². The Morgan fingerprint density at radius 1 is 1.36 bits per heavy atom. The minimum atomic E-state index is -0.0123. The van der Waals surface area contributed by atoms with Crippen LogP contribution in [0.25, 0.3) is 9.88 Å². The van der Waals surface area contributed by atoms with Crippen molar-refractivity contribution in [3.63, 3.8) is 0 Å². The molecule has 9 heteroatoms. The van der Waals surface area contributed by atoms with Crippen molar-refractivity contribution in [2.45, 2.75) is 31.7 Å². The maximum atomic E-state index is 12.1. The van der Waals surface area contributed by atoms with E-state index in [9.17, 15) is 4.79 Å². The highest BCUT2D eigenvalue weighted by Crippen LogP contribution is 2.35. The lowest BCUT2D eigenvalue weighted by atomic mass is 10.3. The number of amides is 1. The first-order valence-corrected chi connectivity index (χ1v) is 10.6. The standard InChI is InChI=1S/C16H16BrN5OS2/c17-10-5-13(24-7-10)16-20-11(8-25-16)6-15(23)18-4-3-14-21-19-9-22(14)12-1-2-12/h5,7-9,12H,1-4,6H2,(H,18,23). The van der Waals surface area contributed by atoms with Crippen LogP contribution in [-0.2, 0) is 17.6 Å². The average molecular weight is 438 g/mol. The number of carbonyl (C=O) groups excluding carboxylic acids is 1. The minimum Gasteiger partial charge on any atom is -0.355 e. The molecule has 3 aromatic rings. The van der Waals surface area contributed by atoms with Crippen molar-refractivity contribution < 1.29 is 4.79 Å². The van der Waals surface area contributed by atoms with Crippen LogP contribution in [0.5, 0.6) is 0 Å². The second-order valence-electron chi connectivity index (χ2n) is 5.94. The van der Waals surface area contributed by atoms with Crippen LogP contribution in [0.4, 0.5) is 0 Å². The molecule has 25 heavy (non-hydrogen) atoms. The molecule has 0 spiro atoms. The van der Waals surface area contributed by atoms with Crippen LogP contribution < -0.4 is 5.32 Å². The summed E-state index contributed by atoms with van der Waals surface area (Å²) in [4.78, 5) is 17.8. The van der Waals surface area contributed by atoms with Gasteiger partial charge in [0.05, 0.1) is 17.0 Å². The van der Waals surface area contributed by atoms with Gasteiger partial charge in [-0.25, -0.2) is 4.98 Å². The predicted molar refractivity (Wildman–Crippen MR) is 102 cm³/mol. The molecule has 4 rings (SSSR count). The fourth-order valence-electron chi connectivity index (χ4n) is 2.57. The summed E-state index contributed by atoms with van der Waals surface area (Å²) in [6, 6.07) is 2.61. The van der Waals surface area contributed by atoms with Crippen LogP contribution in [0, 0.1) is 0 Å². The molecule has 1 aliphatic rings. The Morgan fingerprint density at radius 2 is 2.24 bits per heavy atom. The first-order chi connectivity index (χ1) is 12.2. The van der Waals surface area contributed by atoms with Gasteiger partial charge in [0.1, 0.15) is 17.2 Å². The van der Waals surface area contributed by atoms with Crippen molar-refractivity contribution in [3.8, 4) is 9.88 Å². The van der Waals surface area contributed by atoms with E-state index in [4.69, 9.17) is 0 Å². The number of thiazole rings is 1. The number of hydrogen-bond donors (Lipinski definition) is 1. The molecule has 0 unspecified atom stereocenters. The number of carbonyl (C=O) groups is 1. The van der Waals surface area contributed by atoms with Crippen LogP contribution in [0.15, 0.2) is 27.6 Å². The van der Waals surface area contributed by atoms with Crippen molar-refractivity contribution >= 4 is 44.5 Å². The monoisotopic (exact) mass is 437 g/mol. The normalized spacial score (nSPS) is 14.0. The molecule has 0 radical (unpaired) electrons. The predicted octanol–water partition coefficient (Wildman–Crippen LogP) is 3.46. The molecule has 3 aromatic heterocycles. The van der Waals surface area contributed by atoms with Gasteiger partial charge in [0.25, 0.3) is 0 Å². The number of hydrogen-bond acceptors (Lipinski definition) is 6. The van der Waals surface area contributed by atoms with Crippen LogP contribution in [0.1, 0.15) is 30.4 Å². The van der Waals surface area contributed by atoms with Crippen LogP contribution >= 0.6 is 38.6 Å². The Balaban J connectivity index is 1.27. The summed E-state index contributed by atoms with van der Waals surface area (Å²) in [5, 5.41) is 16.0. The zero-order valence-corrected chi connectivity index (χ0v) is 16.5. The first kappa shape index (κ1) is 16.9. The lowest BCUT2D eigenvalue weighted by molar-refractivity contribution is -0.120. The summed E-state index contributed by atoms with van der Waals surface area (Å²) in [7, 11) is 0. The van der Waals surface area contributed by atoms with Crippen molar-refractivity contribution in [2.75, 3.05) is 6.54 Å². The molecular formula is C16H16BrN5OS2. The first-order valence-electron chi connectivity index (χ1n) is 8.03. The van der Waals surface area contributed by atoms with E-state index in [-0.39, 0.29) is 5.91 Å². The lowest BCUT2D eigenvalue weighted by Crippen LogP contribution is -2.28. The number of thiophene rings is 1. The maximum Gasteiger partial charge on any atom is 0.226 e. The number of rotatable bonds is 7. The highest BCUT2D eigenvalue weighted by atomic mass is 79.9. The number of nitrogens with zero attached hydrogens (tertiary/aromatic N) is 4. The van der Waals surface area contributed by atoms with Crippen LogP contribution in [0.3, 0.4) is 0 Å². The highest BCUT2D eigenvalue weighted by molar-refractivity contribution is 9.10. The fourth-order valence-corrected chi connectivity index (χ4v) is 4.90. The molecular weight excluding hydrogens is 422 g/mol. The van der Waals surface area contributed by atoms with Gasteiger partial charge in [-0.05, 0) is 34.8 Å². The van der Waals surface area contributed by atoms with Gasteiger partial charge >= 0.3 is 0 Å². The van der Waals surface area contributed by atoms with Gasteiger partial charge in [-0.3, -0.25) is 4.79 Å². The zero-order valence-electron chi connectivity index (χ0n) is 13.3. The maximum absolute atomic E-state index is 12.1. The van der Waals surface area contributed by atoms with Crippen molar-refractivity contribution in [1.29, 1.82) is 0 Å². The summed E-state index contributed by atoms with van der Waals surface area (Å²) in [6.45, 7) is 0.569. The van der Waals surface area contributed by atoms with Gasteiger partial charge in [0.15, 0.2) is 0 Å². The molecule has 130 valence electrons. The summed E-state index contributed by atoms with van der Waals surface area (Å²) in [6.07, 6.45) is 5.19. The molecule has 1 saturated carbocycles. The van der Waals surface area contributed by atoms with Gasteiger partial charge < -0.3 is 9.88 Å². The van der Waals surface area contributed by atoms with Gasteiger partial charge in [-0.15, -0.1) is 32.9 Å². The van der Waals surface area contributed by atoms with Crippen molar-refractivity contribution in [3.05, 3.63) is 39.1 Å². The Hall–Kier alpha value is -1.58. The highest BCUT2D eigenvalue weighted by Gasteiger charge is 2.25. The molecule has 1 N–H and O–H groups in total. The number of aromatic nitrogens is 4. The van der Waals surface area contributed by atoms with Crippen LogP contribution in [-0.4, -0.2) is 32.2 Å². The van der Waals surface area contributed by atoms with Crippen LogP contribution in [0.2, 0.25) is 0 Å². The van der Waals surface area contributed by atoms with E-state index in [1.807, 2.05) is 16.8 Å². The van der Waals surface area contributed by atoms with E-state index in [1.54, 1.807) is 29.0 Å². The van der Waals surface area contributed by atoms with Crippen molar-refractivity contribution in [1.82, 2.24) is 25.1 Å². The third-order valence-corrected chi connectivity index (χ3v) is 6.68. The molecule has 3 heterocycles. The summed E-state index contributed by atoms with van der Waals surface area (Å²) in [5.41, 5.74) is 0.808. The Morgan fingerprint density at radius 3 is 3.00 bits per heavy atom.